The van der Waals surface area contributed by atoms with Crippen molar-refractivity contribution >= 4 is 11.8 Å². The van der Waals surface area contributed by atoms with Crippen molar-refractivity contribution in [3.8, 4) is 0 Å². The van der Waals surface area contributed by atoms with Gasteiger partial charge in [-0.25, -0.2) is 0 Å². The van der Waals surface area contributed by atoms with E-state index in [4.69, 9.17) is 5.73 Å². The highest BCUT2D eigenvalue weighted by molar-refractivity contribution is 5.79. The van der Waals surface area contributed by atoms with Crippen molar-refractivity contribution < 1.29 is 9.59 Å². The third kappa shape index (κ3) is 4.93. The van der Waals surface area contributed by atoms with Gasteiger partial charge in [-0.05, 0) is 44.0 Å². The van der Waals surface area contributed by atoms with Crippen LogP contribution in [0.3, 0.4) is 0 Å². The lowest BCUT2D eigenvalue weighted by atomic mass is 9.96. The number of benzene rings is 1. The summed E-state index contributed by atoms with van der Waals surface area (Å²) in [5.74, 6) is -0.183. The minimum absolute atomic E-state index is 0.0485. The number of aryl methyl sites for hydroxylation is 1. The second kappa shape index (κ2) is 8.64. The van der Waals surface area contributed by atoms with Crippen LogP contribution < -0.4 is 5.73 Å². The number of piperidine rings is 1. The fraction of sp³-hybridized carbons (Fsp3) is 0.474. The molecule has 0 aromatic heterocycles. The van der Waals surface area contributed by atoms with Crippen molar-refractivity contribution in [1.29, 1.82) is 0 Å². The fourth-order valence-electron chi connectivity index (χ4n) is 3.07. The molecule has 2 rings (SSSR count). The predicted molar refractivity (Wildman–Crippen MR) is 95.2 cm³/mol. The van der Waals surface area contributed by atoms with Crippen molar-refractivity contribution in [3.05, 3.63) is 48.0 Å². The average Bonchev–Trinajstić information content (AvgIpc) is 2.56. The summed E-state index contributed by atoms with van der Waals surface area (Å²) in [6.45, 7) is 8.81. The Morgan fingerprint density at radius 3 is 2.58 bits per heavy atom. The highest BCUT2D eigenvalue weighted by atomic mass is 16.2. The Morgan fingerprint density at radius 1 is 1.33 bits per heavy atom. The molecule has 2 amide bonds. The van der Waals surface area contributed by atoms with Gasteiger partial charge in [0.1, 0.15) is 0 Å². The molecular formula is C19H27N3O2. The van der Waals surface area contributed by atoms with Crippen molar-refractivity contribution in [2.24, 2.45) is 11.7 Å². The van der Waals surface area contributed by atoms with E-state index in [2.05, 4.69) is 30.5 Å². The second-order valence-electron chi connectivity index (χ2n) is 6.44. The number of primary amides is 1. The molecule has 130 valence electrons. The molecule has 0 unspecified atom stereocenters. The number of hydrogen-bond donors (Lipinski definition) is 1. The smallest absolute Gasteiger partial charge is 0.237 e. The van der Waals surface area contributed by atoms with Gasteiger partial charge in [-0.2, -0.15) is 0 Å². The van der Waals surface area contributed by atoms with Crippen LogP contribution in [0.4, 0.5) is 0 Å². The molecule has 0 radical (unpaired) electrons. The maximum atomic E-state index is 12.7. The standard InChI is InChI=1S/C19H27N3O2/c1-3-10-22(13-17-7-5-4-6-15(17)2)18(23)14-21-11-8-16(9-12-21)19(20)24/h3-7,16H,1,8-14H2,2H3,(H2,20,24). The molecule has 5 nitrogen and oxygen atoms in total. The van der Waals surface area contributed by atoms with E-state index in [1.165, 1.54) is 5.56 Å². The molecule has 24 heavy (non-hydrogen) atoms. The third-order valence-corrected chi connectivity index (χ3v) is 4.67. The number of carbonyl (C=O) groups is 2. The summed E-state index contributed by atoms with van der Waals surface area (Å²) in [4.78, 5) is 27.8. The van der Waals surface area contributed by atoms with Gasteiger partial charge in [-0.3, -0.25) is 14.5 Å². The zero-order valence-corrected chi connectivity index (χ0v) is 14.4. The lowest BCUT2D eigenvalue weighted by molar-refractivity contribution is -0.133. The highest BCUT2D eigenvalue weighted by Gasteiger charge is 2.25. The minimum atomic E-state index is -0.228. The lowest BCUT2D eigenvalue weighted by Gasteiger charge is -2.32. The van der Waals surface area contributed by atoms with Crippen LogP contribution in [0.5, 0.6) is 0 Å². The van der Waals surface area contributed by atoms with Crippen LogP contribution in [0.2, 0.25) is 0 Å². The van der Waals surface area contributed by atoms with Crippen molar-refractivity contribution in [3.63, 3.8) is 0 Å². The van der Waals surface area contributed by atoms with E-state index in [-0.39, 0.29) is 17.7 Å². The van der Waals surface area contributed by atoms with Crippen LogP contribution in [-0.4, -0.2) is 47.8 Å². The second-order valence-corrected chi connectivity index (χ2v) is 6.44. The van der Waals surface area contributed by atoms with E-state index >= 15 is 0 Å². The molecule has 1 aliphatic rings. The van der Waals surface area contributed by atoms with Crippen molar-refractivity contribution in [1.82, 2.24) is 9.80 Å². The Bertz CT molecular complexity index is 592. The first kappa shape index (κ1) is 18.2. The molecule has 5 heteroatoms. The molecule has 0 bridgehead atoms. The van der Waals surface area contributed by atoms with Gasteiger partial charge < -0.3 is 10.6 Å². The van der Waals surface area contributed by atoms with Gasteiger partial charge in [0, 0.05) is 19.0 Å². The molecule has 1 aliphatic heterocycles. The SMILES string of the molecule is C=CCN(Cc1ccccc1C)C(=O)CN1CCC(C(N)=O)CC1. The molecule has 1 aromatic carbocycles. The van der Waals surface area contributed by atoms with Gasteiger partial charge >= 0.3 is 0 Å². The summed E-state index contributed by atoms with van der Waals surface area (Å²) in [6.07, 6.45) is 3.24. The van der Waals surface area contributed by atoms with Gasteiger partial charge in [0.15, 0.2) is 0 Å². The van der Waals surface area contributed by atoms with Crippen LogP contribution in [0.1, 0.15) is 24.0 Å². The molecular weight excluding hydrogens is 302 g/mol. The Balaban J connectivity index is 1.93. The van der Waals surface area contributed by atoms with Gasteiger partial charge in [-0.1, -0.05) is 30.3 Å². The first-order valence-electron chi connectivity index (χ1n) is 8.46. The monoisotopic (exact) mass is 329 g/mol. The summed E-state index contributed by atoms with van der Waals surface area (Å²) in [7, 11) is 0. The Morgan fingerprint density at radius 2 is 2.00 bits per heavy atom. The topological polar surface area (TPSA) is 66.6 Å². The summed E-state index contributed by atoms with van der Waals surface area (Å²) in [5.41, 5.74) is 7.69. The number of likely N-dealkylation sites (tertiary alicyclic amines) is 1. The molecule has 0 saturated carbocycles. The molecule has 1 saturated heterocycles. The summed E-state index contributed by atoms with van der Waals surface area (Å²) < 4.78 is 0. The largest absolute Gasteiger partial charge is 0.369 e. The highest BCUT2D eigenvalue weighted by Crippen LogP contribution is 2.17. The molecule has 1 heterocycles. The fourth-order valence-corrected chi connectivity index (χ4v) is 3.07. The lowest BCUT2D eigenvalue weighted by Crippen LogP contribution is -2.44. The summed E-state index contributed by atoms with van der Waals surface area (Å²) in [5, 5.41) is 0. The molecule has 2 N–H and O–H groups in total. The Kier molecular flexibility index (Phi) is 6.55. The van der Waals surface area contributed by atoms with Gasteiger partial charge in [-0.15, -0.1) is 6.58 Å². The first-order chi connectivity index (χ1) is 11.5. The molecule has 0 atom stereocenters. The van der Waals surface area contributed by atoms with Crippen LogP contribution in [-0.2, 0) is 16.1 Å². The number of nitrogens with zero attached hydrogens (tertiary/aromatic N) is 2. The predicted octanol–water partition coefficient (Wildman–Crippen LogP) is 1.71. The Labute approximate surface area is 144 Å². The maximum Gasteiger partial charge on any atom is 0.237 e. The number of amides is 2. The van der Waals surface area contributed by atoms with Crippen LogP contribution >= 0.6 is 0 Å². The molecule has 1 aromatic rings. The molecule has 1 fully saturated rings. The van der Waals surface area contributed by atoms with Crippen LogP contribution in [0, 0.1) is 12.8 Å². The molecule has 0 spiro atoms. The number of hydrogen-bond acceptors (Lipinski definition) is 3. The van der Waals surface area contributed by atoms with E-state index in [1.807, 2.05) is 17.0 Å². The minimum Gasteiger partial charge on any atom is -0.369 e. The van der Waals surface area contributed by atoms with E-state index in [1.54, 1.807) is 6.08 Å². The van der Waals surface area contributed by atoms with Crippen molar-refractivity contribution in [2.45, 2.75) is 26.3 Å². The quantitative estimate of drug-likeness (QED) is 0.775. The van der Waals surface area contributed by atoms with Crippen LogP contribution in [0.25, 0.3) is 0 Å². The van der Waals surface area contributed by atoms with Gasteiger partial charge in [0.05, 0.1) is 6.54 Å². The van der Waals surface area contributed by atoms with E-state index in [0.29, 0.717) is 19.6 Å². The summed E-state index contributed by atoms with van der Waals surface area (Å²) in [6, 6.07) is 8.10. The average molecular weight is 329 g/mol. The van der Waals surface area contributed by atoms with Gasteiger partial charge in [0.2, 0.25) is 11.8 Å². The van der Waals surface area contributed by atoms with E-state index in [9.17, 15) is 9.59 Å². The zero-order valence-electron chi connectivity index (χ0n) is 14.4. The van der Waals surface area contributed by atoms with E-state index in [0.717, 1.165) is 31.5 Å². The van der Waals surface area contributed by atoms with Crippen LogP contribution in [0.15, 0.2) is 36.9 Å². The number of carbonyl (C=O) groups excluding carboxylic acids is 2. The summed E-state index contributed by atoms with van der Waals surface area (Å²) >= 11 is 0. The van der Waals surface area contributed by atoms with Gasteiger partial charge in [0.25, 0.3) is 0 Å². The van der Waals surface area contributed by atoms with Crippen molar-refractivity contribution in [2.75, 3.05) is 26.2 Å². The Hall–Kier alpha value is -2.14. The normalized spacial score (nSPS) is 15.9. The zero-order chi connectivity index (χ0) is 17.5. The van der Waals surface area contributed by atoms with E-state index < -0.39 is 0 Å². The first-order valence-corrected chi connectivity index (χ1v) is 8.46. The number of rotatable bonds is 7. The number of nitrogens with two attached hydrogens (primary N) is 1. The maximum absolute atomic E-state index is 12.7. The third-order valence-electron chi connectivity index (χ3n) is 4.67. The molecule has 0 aliphatic carbocycles.